The maximum atomic E-state index is 12.8. The van der Waals surface area contributed by atoms with Crippen molar-refractivity contribution in [1.82, 2.24) is 10.2 Å². The second-order valence-electron chi connectivity index (χ2n) is 5.73. The minimum absolute atomic E-state index is 0.0659. The molecule has 1 saturated carbocycles. The Hall–Kier alpha value is -0.820. The van der Waals surface area contributed by atoms with Crippen LogP contribution < -0.4 is 11.1 Å². The number of halogens is 3. The molecule has 3 atom stereocenters. The quantitative estimate of drug-likeness (QED) is 0.802. The van der Waals surface area contributed by atoms with Crippen molar-refractivity contribution in [2.75, 3.05) is 26.2 Å². The van der Waals surface area contributed by atoms with Gasteiger partial charge >= 0.3 is 6.18 Å². The summed E-state index contributed by atoms with van der Waals surface area (Å²) in [4.78, 5) is 14.2. The summed E-state index contributed by atoms with van der Waals surface area (Å²) in [6.45, 7) is 2.18. The number of nitrogens with two attached hydrogens (primary N) is 1. The Morgan fingerprint density at radius 1 is 1.35 bits per heavy atom. The van der Waals surface area contributed by atoms with Crippen molar-refractivity contribution in [3.8, 4) is 0 Å². The number of nitrogens with one attached hydrogen (secondary N) is 1. The summed E-state index contributed by atoms with van der Waals surface area (Å²) in [7, 11) is 0. The Balaban J connectivity index is 2.00. The Kier molecular flexibility index (Phi) is 4.90. The van der Waals surface area contributed by atoms with Crippen molar-refractivity contribution in [2.45, 2.75) is 37.9 Å². The first-order chi connectivity index (χ1) is 9.43. The molecule has 3 N–H and O–H groups in total. The molecule has 0 aromatic rings. The molecule has 1 heterocycles. The molecule has 0 spiro atoms. The fourth-order valence-corrected chi connectivity index (χ4v) is 3.21. The highest BCUT2D eigenvalue weighted by molar-refractivity contribution is 5.79. The lowest BCUT2D eigenvalue weighted by Crippen LogP contribution is -2.58. The van der Waals surface area contributed by atoms with Gasteiger partial charge < -0.3 is 16.0 Å². The molecule has 0 radical (unpaired) electrons. The molecule has 2 rings (SSSR count). The zero-order valence-corrected chi connectivity index (χ0v) is 11.5. The number of alkyl halides is 3. The Morgan fingerprint density at radius 2 is 2.10 bits per heavy atom. The minimum atomic E-state index is -4.18. The third-order valence-electron chi connectivity index (χ3n) is 4.39. The van der Waals surface area contributed by atoms with E-state index < -0.39 is 18.0 Å². The first-order valence-corrected chi connectivity index (χ1v) is 7.21. The fourth-order valence-electron chi connectivity index (χ4n) is 3.21. The van der Waals surface area contributed by atoms with E-state index in [1.54, 1.807) is 4.90 Å². The SMILES string of the molecule is NCC1CNCCN1C(=O)C1CCCC(C(F)(F)F)C1. The smallest absolute Gasteiger partial charge is 0.336 e. The predicted molar refractivity (Wildman–Crippen MR) is 68.9 cm³/mol. The molecule has 20 heavy (non-hydrogen) atoms. The highest BCUT2D eigenvalue weighted by atomic mass is 19.4. The predicted octanol–water partition coefficient (Wildman–Crippen LogP) is 1.11. The van der Waals surface area contributed by atoms with Gasteiger partial charge in [-0.25, -0.2) is 0 Å². The van der Waals surface area contributed by atoms with Crippen LogP contribution in [-0.4, -0.2) is 49.2 Å². The van der Waals surface area contributed by atoms with Crippen molar-refractivity contribution in [3.05, 3.63) is 0 Å². The van der Waals surface area contributed by atoms with E-state index in [9.17, 15) is 18.0 Å². The second-order valence-corrected chi connectivity index (χ2v) is 5.73. The van der Waals surface area contributed by atoms with Crippen LogP contribution in [0.2, 0.25) is 0 Å². The molecule has 3 unspecified atom stereocenters. The van der Waals surface area contributed by atoms with Gasteiger partial charge in [0.25, 0.3) is 0 Å². The highest BCUT2D eigenvalue weighted by Gasteiger charge is 2.44. The van der Waals surface area contributed by atoms with Crippen molar-refractivity contribution < 1.29 is 18.0 Å². The van der Waals surface area contributed by atoms with Gasteiger partial charge in [0.2, 0.25) is 5.91 Å². The van der Waals surface area contributed by atoms with Gasteiger partial charge in [-0.05, 0) is 19.3 Å². The number of hydrogen-bond donors (Lipinski definition) is 2. The van der Waals surface area contributed by atoms with Crippen LogP contribution in [0.1, 0.15) is 25.7 Å². The van der Waals surface area contributed by atoms with E-state index in [4.69, 9.17) is 5.73 Å². The van der Waals surface area contributed by atoms with Gasteiger partial charge in [-0.2, -0.15) is 13.2 Å². The lowest BCUT2D eigenvalue weighted by atomic mass is 9.80. The Bertz CT molecular complexity index is 348. The standard InChI is InChI=1S/C13H22F3N3O/c14-13(15,16)10-3-1-2-9(6-10)12(20)19-5-4-18-8-11(19)7-17/h9-11,18H,1-8,17H2. The van der Waals surface area contributed by atoms with E-state index in [0.29, 0.717) is 39.0 Å². The largest absolute Gasteiger partial charge is 0.391 e. The van der Waals surface area contributed by atoms with Gasteiger partial charge in [0.1, 0.15) is 0 Å². The molecule has 0 aromatic carbocycles. The van der Waals surface area contributed by atoms with Crippen LogP contribution in [0, 0.1) is 11.8 Å². The van der Waals surface area contributed by atoms with E-state index >= 15 is 0 Å². The third kappa shape index (κ3) is 3.44. The molecule has 1 saturated heterocycles. The maximum absolute atomic E-state index is 12.8. The molecule has 1 aliphatic carbocycles. The van der Waals surface area contributed by atoms with Gasteiger partial charge in [-0.15, -0.1) is 0 Å². The van der Waals surface area contributed by atoms with E-state index in [-0.39, 0.29) is 24.8 Å². The maximum Gasteiger partial charge on any atom is 0.391 e. The van der Waals surface area contributed by atoms with Crippen molar-refractivity contribution in [3.63, 3.8) is 0 Å². The molecule has 2 fully saturated rings. The van der Waals surface area contributed by atoms with Crippen molar-refractivity contribution in [1.29, 1.82) is 0 Å². The summed E-state index contributed by atoms with van der Waals surface area (Å²) < 4.78 is 38.4. The van der Waals surface area contributed by atoms with E-state index in [2.05, 4.69) is 5.32 Å². The van der Waals surface area contributed by atoms with Crippen LogP contribution in [-0.2, 0) is 4.79 Å². The second kappa shape index (κ2) is 6.30. The first kappa shape index (κ1) is 15.6. The van der Waals surface area contributed by atoms with Crippen LogP contribution in [0.3, 0.4) is 0 Å². The molecule has 1 aliphatic heterocycles. The number of hydrogen-bond acceptors (Lipinski definition) is 3. The number of amides is 1. The first-order valence-electron chi connectivity index (χ1n) is 7.21. The number of rotatable bonds is 2. The average Bonchev–Trinajstić information content (AvgIpc) is 2.45. The van der Waals surface area contributed by atoms with Crippen LogP contribution in [0.5, 0.6) is 0 Å². The molecule has 2 aliphatic rings. The molecular formula is C13H22F3N3O. The molecule has 1 amide bonds. The van der Waals surface area contributed by atoms with Gasteiger partial charge in [0.05, 0.1) is 12.0 Å². The summed E-state index contributed by atoms with van der Waals surface area (Å²) >= 11 is 0. The summed E-state index contributed by atoms with van der Waals surface area (Å²) in [6, 6.07) is -0.0949. The normalized spacial score (nSPS) is 32.2. The monoisotopic (exact) mass is 293 g/mol. The van der Waals surface area contributed by atoms with Gasteiger partial charge in [0.15, 0.2) is 0 Å². The highest BCUT2D eigenvalue weighted by Crippen LogP contribution is 2.40. The van der Waals surface area contributed by atoms with E-state index in [1.807, 2.05) is 0 Å². The van der Waals surface area contributed by atoms with Crippen LogP contribution in [0.15, 0.2) is 0 Å². The number of carbonyl (C=O) groups is 1. The molecule has 116 valence electrons. The summed E-state index contributed by atoms with van der Waals surface area (Å²) in [5.74, 6) is -1.97. The number of carbonyl (C=O) groups excluding carboxylic acids is 1. The summed E-state index contributed by atoms with van der Waals surface area (Å²) in [6.07, 6.45) is -3.07. The molecule has 0 aromatic heterocycles. The number of nitrogens with zero attached hydrogens (tertiary/aromatic N) is 1. The van der Waals surface area contributed by atoms with Crippen LogP contribution in [0.4, 0.5) is 13.2 Å². The molecule has 7 heteroatoms. The lowest BCUT2D eigenvalue weighted by molar-refractivity contribution is -0.187. The van der Waals surface area contributed by atoms with Crippen LogP contribution >= 0.6 is 0 Å². The zero-order valence-electron chi connectivity index (χ0n) is 11.5. The number of piperazine rings is 1. The molecule has 0 bridgehead atoms. The minimum Gasteiger partial charge on any atom is -0.336 e. The average molecular weight is 293 g/mol. The lowest BCUT2D eigenvalue weighted by Gasteiger charge is -2.39. The summed E-state index contributed by atoms with van der Waals surface area (Å²) in [5.41, 5.74) is 5.64. The third-order valence-corrected chi connectivity index (χ3v) is 4.39. The Morgan fingerprint density at radius 3 is 2.75 bits per heavy atom. The zero-order chi connectivity index (χ0) is 14.8. The topological polar surface area (TPSA) is 58.4 Å². The van der Waals surface area contributed by atoms with E-state index in [1.165, 1.54) is 0 Å². The van der Waals surface area contributed by atoms with Gasteiger partial charge in [-0.1, -0.05) is 6.42 Å². The Labute approximate surface area is 116 Å². The van der Waals surface area contributed by atoms with Crippen molar-refractivity contribution >= 4 is 5.91 Å². The fraction of sp³-hybridized carbons (Fsp3) is 0.923. The van der Waals surface area contributed by atoms with E-state index in [0.717, 1.165) is 0 Å². The summed E-state index contributed by atoms with van der Waals surface area (Å²) in [5, 5.41) is 3.15. The van der Waals surface area contributed by atoms with Crippen molar-refractivity contribution in [2.24, 2.45) is 17.6 Å². The molecule has 4 nitrogen and oxygen atoms in total. The van der Waals surface area contributed by atoms with Gasteiger partial charge in [0, 0.05) is 32.1 Å². The molecular weight excluding hydrogens is 271 g/mol. The van der Waals surface area contributed by atoms with Crippen LogP contribution in [0.25, 0.3) is 0 Å². The van der Waals surface area contributed by atoms with Gasteiger partial charge in [-0.3, -0.25) is 4.79 Å².